The van der Waals surface area contributed by atoms with Crippen LogP contribution in [-0.4, -0.2) is 45.0 Å². The number of imide groups is 1. The predicted molar refractivity (Wildman–Crippen MR) is 153 cm³/mol. The molecular weight excluding hydrogens is 574 g/mol. The van der Waals surface area contributed by atoms with Gasteiger partial charge in [-0.2, -0.15) is 5.01 Å². The van der Waals surface area contributed by atoms with Gasteiger partial charge in [-0.15, -0.1) is 0 Å². The molecule has 5 aliphatic rings. The van der Waals surface area contributed by atoms with Crippen LogP contribution < -0.4 is 4.74 Å². The summed E-state index contributed by atoms with van der Waals surface area (Å²) < 4.78 is 5.72. The van der Waals surface area contributed by atoms with Crippen molar-refractivity contribution >= 4 is 40.8 Å². The molecule has 2 bridgehead atoms. The average molecular weight is 598 g/mol. The van der Waals surface area contributed by atoms with Crippen LogP contribution >= 0.6 is 11.6 Å². The monoisotopic (exact) mass is 597 g/mol. The van der Waals surface area contributed by atoms with Crippen molar-refractivity contribution in [2.24, 2.45) is 35.5 Å². The Morgan fingerprint density at radius 1 is 0.884 bits per heavy atom. The standard InChI is InChI=1S/C32H24ClN3O7/c33-26-4-2-1-3-23(26)30(38)34(35-31(39)28-21-13-14-22(25-15-24(21)25)29(28)32(35)40)16-27(37)17-5-9-19(10-6-17)43-20-11-7-18(8-12-20)36(41)42/h1-14,21-22,24-25,28-29H,15-16H2/t21-,22-,24-,25-,28-,29+/m0/s1. The molecule has 216 valence electrons. The van der Waals surface area contributed by atoms with Gasteiger partial charge in [-0.05, 0) is 78.6 Å². The summed E-state index contributed by atoms with van der Waals surface area (Å²) in [6, 6.07) is 18.0. The SMILES string of the molecule is O=C(CN(C(=O)c1ccccc1Cl)N1C(=O)[C@@H]2[C@H]3C=C[C@@H]([C@@H]4C[C@@H]34)[C@@H]2C1=O)c1ccc(Oc2ccc([N+](=O)[O-])cc2)cc1. The summed E-state index contributed by atoms with van der Waals surface area (Å²) in [7, 11) is 0. The molecule has 43 heavy (non-hydrogen) atoms. The number of halogens is 1. The Morgan fingerprint density at radius 2 is 1.44 bits per heavy atom. The van der Waals surface area contributed by atoms with Crippen LogP contribution in [0.1, 0.15) is 27.1 Å². The van der Waals surface area contributed by atoms with Crippen LogP contribution in [-0.2, 0) is 9.59 Å². The third-order valence-corrected chi connectivity index (χ3v) is 9.30. The summed E-state index contributed by atoms with van der Waals surface area (Å²) in [5.74, 6) is -1.79. The Morgan fingerprint density at radius 3 is 2.00 bits per heavy atom. The molecule has 3 fully saturated rings. The van der Waals surface area contributed by atoms with E-state index in [1.54, 1.807) is 24.3 Å². The molecule has 3 aromatic rings. The molecule has 10 nitrogen and oxygen atoms in total. The van der Waals surface area contributed by atoms with E-state index in [1.165, 1.54) is 48.5 Å². The smallest absolute Gasteiger partial charge is 0.274 e. The molecule has 0 aromatic heterocycles. The van der Waals surface area contributed by atoms with E-state index < -0.39 is 46.8 Å². The number of amides is 3. The fraction of sp³-hybridized carbons (Fsp3) is 0.250. The number of hydrogen-bond donors (Lipinski definition) is 0. The number of non-ortho nitro benzene ring substituents is 1. The number of ether oxygens (including phenoxy) is 1. The number of ketones is 1. The molecule has 1 heterocycles. The van der Waals surface area contributed by atoms with Gasteiger partial charge in [0.1, 0.15) is 18.0 Å². The Balaban J connectivity index is 1.14. The molecule has 11 heteroatoms. The van der Waals surface area contributed by atoms with Crippen LogP contribution in [0.3, 0.4) is 0 Å². The van der Waals surface area contributed by atoms with Crippen molar-refractivity contribution in [3.05, 3.63) is 111 Å². The fourth-order valence-corrected chi connectivity index (χ4v) is 7.11. The van der Waals surface area contributed by atoms with Gasteiger partial charge in [0.25, 0.3) is 23.4 Å². The number of nitro benzene ring substituents is 1. The summed E-state index contributed by atoms with van der Waals surface area (Å²) in [4.78, 5) is 65.4. The molecule has 1 saturated heterocycles. The number of rotatable bonds is 8. The number of carbonyl (C=O) groups is 4. The van der Waals surface area contributed by atoms with Crippen LogP contribution in [0.5, 0.6) is 11.5 Å². The van der Waals surface area contributed by atoms with Crippen LogP contribution in [0, 0.1) is 45.6 Å². The van der Waals surface area contributed by atoms with Crippen LogP contribution in [0.4, 0.5) is 5.69 Å². The number of hydrogen-bond acceptors (Lipinski definition) is 7. The molecule has 0 radical (unpaired) electrons. The largest absolute Gasteiger partial charge is 0.457 e. The highest BCUT2D eigenvalue weighted by Crippen LogP contribution is 2.65. The Bertz CT molecular complexity index is 1690. The summed E-state index contributed by atoms with van der Waals surface area (Å²) in [5.41, 5.74) is 0.231. The van der Waals surface area contributed by atoms with Crippen molar-refractivity contribution in [1.82, 2.24) is 10.0 Å². The molecule has 1 aliphatic heterocycles. The van der Waals surface area contributed by atoms with E-state index in [9.17, 15) is 29.3 Å². The van der Waals surface area contributed by atoms with Gasteiger partial charge >= 0.3 is 0 Å². The quantitative estimate of drug-likeness (QED) is 0.113. The summed E-state index contributed by atoms with van der Waals surface area (Å²) >= 11 is 6.33. The molecule has 3 aromatic carbocycles. The van der Waals surface area contributed by atoms with Crippen LogP contribution in [0.15, 0.2) is 84.9 Å². The van der Waals surface area contributed by atoms with Crippen molar-refractivity contribution in [1.29, 1.82) is 0 Å². The van der Waals surface area contributed by atoms with Crippen LogP contribution in [0.25, 0.3) is 0 Å². The number of nitrogens with zero attached hydrogens (tertiary/aromatic N) is 3. The highest BCUT2D eigenvalue weighted by atomic mass is 35.5. The van der Waals surface area contributed by atoms with Gasteiger partial charge in [-0.3, -0.25) is 29.3 Å². The first kappa shape index (κ1) is 27.0. The molecule has 0 spiro atoms. The summed E-state index contributed by atoms with van der Waals surface area (Å²) in [5, 5.41) is 12.8. The second kappa shape index (κ2) is 10.2. The lowest BCUT2D eigenvalue weighted by atomic mass is 9.63. The summed E-state index contributed by atoms with van der Waals surface area (Å²) in [6.07, 6.45) is 5.08. The van der Waals surface area contributed by atoms with Gasteiger partial charge < -0.3 is 4.74 Å². The lowest BCUT2D eigenvalue weighted by Crippen LogP contribution is -2.52. The van der Waals surface area contributed by atoms with E-state index >= 15 is 0 Å². The maximum atomic E-state index is 13.9. The lowest BCUT2D eigenvalue weighted by Gasteiger charge is -2.37. The van der Waals surface area contributed by atoms with Crippen molar-refractivity contribution in [2.75, 3.05) is 6.54 Å². The van der Waals surface area contributed by atoms with E-state index in [0.29, 0.717) is 23.3 Å². The van der Waals surface area contributed by atoms with Crippen molar-refractivity contribution in [3.8, 4) is 11.5 Å². The predicted octanol–water partition coefficient (Wildman–Crippen LogP) is 5.33. The van der Waals surface area contributed by atoms with E-state index in [4.69, 9.17) is 16.3 Å². The van der Waals surface area contributed by atoms with E-state index in [1.807, 2.05) is 12.2 Å². The number of Topliss-reactive ketones (excluding diaryl/α,β-unsaturated/α-hetero) is 1. The molecule has 6 atom stereocenters. The molecule has 8 rings (SSSR count). The molecule has 4 aliphatic carbocycles. The number of nitro groups is 1. The van der Waals surface area contributed by atoms with Crippen LogP contribution in [0.2, 0.25) is 5.02 Å². The van der Waals surface area contributed by atoms with Gasteiger partial charge in [-0.1, -0.05) is 35.9 Å². The first-order valence-electron chi connectivity index (χ1n) is 13.9. The van der Waals surface area contributed by atoms with E-state index in [-0.39, 0.29) is 33.7 Å². The zero-order valence-corrected chi connectivity index (χ0v) is 23.3. The Kier molecular flexibility index (Phi) is 6.39. The second-order valence-corrected chi connectivity index (χ2v) is 11.7. The Hall–Kier alpha value is -4.83. The number of hydrazine groups is 1. The maximum absolute atomic E-state index is 13.9. The maximum Gasteiger partial charge on any atom is 0.274 e. The molecule has 2 saturated carbocycles. The van der Waals surface area contributed by atoms with Crippen molar-refractivity contribution in [2.45, 2.75) is 6.42 Å². The average Bonchev–Trinajstić information content (AvgIpc) is 3.79. The van der Waals surface area contributed by atoms with Gasteiger partial charge in [0.2, 0.25) is 0 Å². The minimum atomic E-state index is -0.720. The van der Waals surface area contributed by atoms with Crippen molar-refractivity contribution in [3.63, 3.8) is 0 Å². The first-order valence-corrected chi connectivity index (χ1v) is 14.3. The normalized spacial score (nSPS) is 26.1. The second-order valence-electron chi connectivity index (χ2n) is 11.3. The molecule has 3 amide bonds. The number of benzene rings is 3. The van der Waals surface area contributed by atoms with Crippen molar-refractivity contribution < 1.29 is 28.8 Å². The van der Waals surface area contributed by atoms with Gasteiger partial charge in [0, 0.05) is 17.7 Å². The van der Waals surface area contributed by atoms with Gasteiger partial charge in [0.05, 0.1) is 27.3 Å². The summed E-state index contributed by atoms with van der Waals surface area (Å²) in [6.45, 7) is -0.556. The minimum Gasteiger partial charge on any atom is -0.457 e. The third kappa shape index (κ3) is 4.49. The van der Waals surface area contributed by atoms with E-state index in [2.05, 4.69) is 0 Å². The van der Waals surface area contributed by atoms with E-state index in [0.717, 1.165) is 16.4 Å². The zero-order chi connectivity index (χ0) is 30.0. The number of allylic oxidation sites excluding steroid dienone is 2. The molecular formula is C32H24ClN3O7. The molecule has 0 N–H and O–H groups in total. The third-order valence-electron chi connectivity index (χ3n) is 8.97. The molecule has 0 unspecified atom stereocenters. The minimum absolute atomic E-state index is 0.0438. The van der Waals surface area contributed by atoms with Gasteiger partial charge in [-0.25, -0.2) is 5.01 Å². The zero-order valence-electron chi connectivity index (χ0n) is 22.5. The lowest BCUT2D eigenvalue weighted by molar-refractivity contribution is -0.384. The highest BCUT2D eigenvalue weighted by molar-refractivity contribution is 6.34. The van der Waals surface area contributed by atoms with Gasteiger partial charge in [0.15, 0.2) is 5.78 Å². The highest BCUT2D eigenvalue weighted by Gasteiger charge is 2.68. The fourth-order valence-electron chi connectivity index (χ4n) is 6.89. The topological polar surface area (TPSA) is 127 Å². The Labute approximate surface area is 250 Å². The first-order chi connectivity index (χ1) is 20.7. The number of carbonyl (C=O) groups excluding carboxylic acids is 4.